The molecule has 0 spiro atoms. The topological polar surface area (TPSA) is 48.0 Å². The monoisotopic (exact) mass is 271 g/mol. The predicted octanol–water partition coefficient (Wildman–Crippen LogP) is 1.31. The highest BCUT2D eigenvalue weighted by Gasteiger charge is 2.26. The Morgan fingerprint density at radius 2 is 1.80 bits per heavy atom. The summed E-state index contributed by atoms with van der Waals surface area (Å²) in [4.78, 5) is 4.10. The second-order valence-corrected chi connectivity index (χ2v) is 4.94. The molecule has 1 aliphatic heterocycles. The first-order valence-electron chi connectivity index (χ1n) is 6.81. The van der Waals surface area contributed by atoms with E-state index >= 15 is 0 Å². The van der Waals surface area contributed by atoms with Crippen molar-refractivity contribution in [3.05, 3.63) is 53.3 Å². The zero-order valence-corrected chi connectivity index (χ0v) is 11.8. The lowest BCUT2D eigenvalue weighted by Crippen LogP contribution is -2.87. The van der Waals surface area contributed by atoms with E-state index in [-0.39, 0.29) is 0 Å². The largest absolute Gasteiger partial charge is 0.493 e. The summed E-state index contributed by atoms with van der Waals surface area (Å²) in [5, 5.41) is 2.36. The Labute approximate surface area is 118 Å². The molecule has 3 rings (SSSR count). The highest BCUT2D eigenvalue weighted by molar-refractivity contribution is 5.50. The Morgan fingerprint density at radius 1 is 1.10 bits per heavy atom. The van der Waals surface area contributed by atoms with Crippen LogP contribution < -0.4 is 14.8 Å². The minimum atomic E-state index is 0.307. The van der Waals surface area contributed by atoms with E-state index in [0.29, 0.717) is 6.04 Å². The van der Waals surface area contributed by atoms with Crippen LogP contribution in [0.15, 0.2) is 36.7 Å². The van der Waals surface area contributed by atoms with Crippen molar-refractivity contribution in [2.24, 2.45) is 0 Å². The fraction of sp³-hybridized carbons (Fsp3) is 0.312. The van der Waals surface area contributed by atoms with Crippen LogP contribution in [0.1, 0.15) is 22.7 Å². The Balaban J connectivity index is 2.08. The van der Waals surface area contributed by atoms with Crippen LogP contribution in [0.4, 0.5) is 0 Å². The summed E-state index contributed by atoms with van der Waals surface area (Å²) in [6, 6.07) is 8.67. The van der Waals surface area contributed by atoms with Gasteiger partial charge in [0.1, 0.15) is 6.04 Å². The molecule has 2 heterocycles. The third-order valence-electron chi connectivity index (χ3n) is 3.86. The first-order chi connectivity index (χ1) is 9.83. The molecule has 1 aromatic carbocycles. The van der Waals surface area contributed by atoms with Crippen LogP contribution in [0.25, 0.3) is 0 Å². The molecule has 0 amide bonds. The third kappa shape index (κ3) is 2.23. The fourth-order valence-corrected chi connectivity index (χ4v) is 2.86. The Bertz CT molecular complexity index is 599. The van der Waals surface area contributed by atoms with E-state index in [1.54, 1.807) is 14.2 Å². The maximum absolute atomic E-state index is 5.44. The number of ether oxygens (including phenoxy) is 2. The average Bonchev–Trinajstić information content (AvgIpc) is 2.53. The molecule has 0 bridgehead atoms. The van der Waals surface area contributed by atoms with Gasteiger partial charge in [-0.15, -0.1) is 0 Å². The molecule has 1 aromatic heterocycles. The molecule has 0 radical (unpaired) electrons. The molecule has 1 atom stereocenters. The predicted molar refractivity (Wildman–Crippen MR) is 76.1 cm³/mol. The molecule has 4 nitrogen and oxygen atoms in total. The van der Waals surface area contributed by atoms with Gasteiger partial charge in [-0.25, -0.2) is 0 Å². The van der Waals surface area contributed by atoms with Gasteiger partial charge in [0.2, 0.25) is 0 Å². The van der Waals surface area contributed by atoms with Crippen molar-refractivity contribution in [3.8, 4) is 11.5 Å². The van der Waals surface area contributed by atoms with E-state index < -0.39 is 0 Å². The van der Waals surface area contributed by atoms with Gasteiger partial charge in [0.25, 0.3) is 0 Å². The lowest BCUT2D eigenvalue weighted by molar-refractivity contribution is -0.690. The molecule has 4 heteroatoms. The number of benzene rings is 1. The zero-order chi connectivity index (χ0) is 13.9. The molecule has 104 valence electrons. The standard InChI is InChI=1S/C16H18N2O2/c1-19-14-9-12-5-8-18-16(11-3-6-17-7-4-11)13(12)10-15(14)20-2/h3-4,6-7,9-10,16,18H,5,8H2,1-2H3/p+1/t16-/m1/s1. The molecule has 2 N–H and O–H groups in total. The molecule has 0 saturated carbocycles. The summed E-state index contributed by atoms with van der Waals surface area (Å²) < 4.78 is 10.8. The van der Waals surface area contributed by atoms with Gasteiger partial charge in [0, 0.05) is 29.9 Å². The number of rotatable bonds is 3. The second-order valence-electron chi connectivity index (χ2n) is 4.94. The van der Waals surface area contributed by atoms with E-state index in [2.05, 4.69) is 34.6 Å². The van der Waals surface area contributed by atoms with Crippen LogP contribution in [0.5, 0.6) is 11.5 Å². The number of aromatic nitrogens is 1. The molecule has 0 unspecified atom stereocenters. The lowest BCUT2D eigenvalue weighted by Gasteiger charge is -2.25. The van der Waals surface area contributed by atoms with Crippen LogP contribution in [0, 0.1) is 0 Å². The molecule has 0 fully saturated rings. The van der Waals surface area contributed by atoms with E-state index in [4.69, 9.17) is 9.47 Å². The summed E-state index contributed by atoms with van der Waals surface area (Å²) in [5.74, 6) is 1.60. The van der Waals surface area contributed by atoms with Crippen molar-refractivity contribution in [2.45, 2.75) is 12.5 Å². The number of hydrogen-bond donors (Lipinski definition) is 1. The fourth-order valence-electron chi connectivity index (χ4n) is 2.86. The molecular formula is C16H19N2O2+. The smallest absolute Gasteiger partial charge is 0.161 e. The van der Waals surface area contributed by atoms with Gasteiger partial charge in [-0.05, 0) is 29.8 Å². The van der Waals surface area contributed by atoms with E-state index in [1.807, 2.05) is 12.4 Å². The molecule has 20 heavy (non-hydrogen) atoms. The maximum atomic E-state index is 5.44. The van der Waals surface area contributed by atoms with Crippen molar-refractivity contribution in [1.82, 2.24) is 4.98 Å². The SMILES string of the molecule is COc1cc2c(cc1OC)[C@@H](c1ccncc1)[NH2+]CC2. The van der Waals surface area contributed by atoms with Crippen molar-refractivity contribution < 1.29 is 14.8 Å². The van der Waals surface area contributed by atoms with Gasteiger partial charge < -0.3 is 14.8 Å². The van der Waals surface area contributed by atoms with Gasteiger partial charge in [-0.2, -0.15) is 0 Å². The number of methoxy groups -OCH3 is 2. The van der Waals surface area contributed by atoms with E-state index in [0.717, 1.165) is 24.5 Å². The van der Waals surface area contributed by atoms with E-state index in [1.165, 1.54) is 16.7 Å². The van der Waals surface area contributed by atoms with Crippen molar-refractivity contribution in [2.75, 3.05) is 20.8 Å². The van der Waals surface area contributed by atoms with Gasteiger partial charge in [0.05, 0.1) is 20.8 Å². The van der Waals surface area contributed by atoms with Crippen molar-refractivity contribution in [1.29, 1.82) is 0 Å². The number of fused-ring (bicyclic) bond motifs is 1. The number of nitrogens with zero attached hydrogens (tertiary/aromatic N) is 1. The van der Waals surface area contributed by atoms with Crippen LogP contribution in [0.2, 0.25) is 0 Å². The quantitative estimate of drug-likeness (QED) is 0.915. The van der Waals surface area contributed by atoms with E-state index in [9.17, 15) is 0 Å². The highest BCUT2D eigenvalue weighted by atomic mass is 16.5. The third-order valence-corrected chi connectivity index (χ3v) is 3.86. The molecule has 0 aliphatic carbocycles. The number of hydrogen-bond acceptors (Lipinski definition) is 3. The second kappa shape index (κ2) is 5.51. The zero-order valence-electron chi connectivity index (χ0n) is 11.8. The number of quaternary nitrogens is 1. The summed E-state index contributed by atoms with van der Waals surface area (Å²) in [6.07, 6.45) is 4.74. The Hall–Kier alpha value is -2.07. The van der Waals surface area contributed by atoms with Crippen LogP contribution in [-0.2, 0) is 6.42 Å². The first kappa shape index (κ1) is 12.9. The Kier molecular flexibility index (Phi) is 3.56. The van der Waals surface area contributed by atoms with Gasteiger partial charge in [0.15, 0.2) is 11.5 Å². The van der Waals surface area contributed by atoms with Crippen LogP contribution in [-0.4, -0.2) is 25.7 Å². The Morgan fingerprint density at radius 3 is 2.50 bits per heavy atom. The van der Waals surface area contributed by atoms with Gasteiger partial charge >= 0.3 is 0 Å². The van der Waals surface area contributed by atoms with Gasteiger partial charge in [-0.3, -0.25) is 4.98 Å². The lowest BCUT2D eigenvalue weighted by atomic mass is 9.90. The molecule has 2 aromatic rings. The maximum Gasteiger partial charge on any atom is 0.161 e. The van der Waals surface area contributed by atoms with Crippen molar-refractivity contribution in [3.63, 3.8) is 0 Å². The molecular weight excluding hydrogens is 252 g/mol. The normalized spacial score (nSPS) is 17.4. The summed E-state index contributed by atoms with van der Waals surface area (Å²) in [5.41, 5.74) is 3.92. The summed E-state index contributed by atoms with van der Waals surface area (Å²) in [6.45, 7) is 1.08. The highest BCUT2D eigenvalue weighted by Crippen LogP contribution is 2.35. The van der Waals surface area contributed by atoms with Crippen LogP contribution >= 0.6 is 0 Å². The average molecular weight is 271 g/mol. The number of pyridine rings is 1. The van der Waals surface area contributed by atoms with Gasteiger partial charge in [-0.1, -0.05) is 0 Å². The first-order valence-corrected chi connectivity index (χ1v) is 6.81. The summed E-state index contributed by atoms with van der Waals surface area (Å²) in [7, 11) is 3.36. The minimum Gasteiger partial charge on any atom is -0.493 e. The van der Waals surface area contributed by atoms with Crippen LogP contribution in [0.3, 0.4) is 0 Å². The minimum absolute atomic E-state index is 0.307. The molecule has 1 aliphatic rings. The van der Waals surface area contributed by atoms with Crippen molar-refractivity contribution >= 4 is 0 Å². The molecule has 0 saturated heterocycles. The summed E-state index contributed by atoms with van der Waals surface area (Å²) >= 11 is 0. The number of nitrogens with two attached hydrogens (primary N) is 1.